The van der Waals surface area contributed by atoms with Gasteiger partial charge in [-0.15, -0.1) is 0 Å². The van der Waals surface area contributed by atoms with E-state index >= 15 is 0 Å². The molecule has 0 aliphatic carbocycles. The molecule has 3 heteroatoms. The predicted molar refractivity (Wildman–Crippen MR) is 57.3 cm³/mol. The zero-order valence-corrected chi connectivity index (χ0v) is 9.40. The molecule has 0 aromatic carbocycles. The first-order valence-corrected chi connectivity index (χ1v) is 6.25. The van der Waals surface area contributed by atoms with Gasteiger partial charge in [-0.2, -0.15) is 11.8 Å². The van der Waals surface area contributed by atoms with Crippen molar-refractivity contribution in [2.45, 2.75) is 30.9 Å². The minimum absolute atomic E-state index is 0.248. The topological polar surface area (TPSA) is 12.5 Å². The highest BCUT2D eigenvalue weighted by molar-refractivity contribution is 7.99. The van der Waals surface area contributed by atoms with Crippen molar-refractivity contribution in [2.75, 3.05) is 32.2 Å². The molecule has 2 nitrogen and oxygen atoms in total. The van der Waals surface area contributed by atoms with Crippen LogP contribution in [-0.4, -0.2) is 48.8 Å². The van der Waals surface area contributed by atoms with Gasteiger partial charge in [0.25, 0.3) is 0 Å². The summed E-state index contributed by atoms with van der Waals surface area (Å²) in [6.45, 7) is 0.962. The number of ether oxygens (including phenoxy) is 1. The molecule has 0 aromatic rings. The van der Waals surface area contributed by atoms with Crippen LogP contribution in [0, 0.1) is 0 Å². The van der Waals surface area contributed by atoms with Crippen LogP contribution < -0.4 is 0 Å². The Morgan fingerprint density at radius 2 is 2.31 bits per heavy atom. The van der Waals surface area contributed by atoms with E-state index in [0.717, 1.165) is 12.6 Å². The molecule has 1 spiro atoms. The molecule has 2 heterocycles. The Kier molecular flexibility index (Phi) is 2.86. The third kappa shape index (κ3) is 2.03. The molecule has 13 heavy (non-hydrogen) atoms. The second kappa shape index (κ2) is 3.79. The molecule has 0 aromatic heterocycles. The summed E-state index contributed by atoms with van der Waals surface area (Å²) in [5.41, 5.74) is 0.248. The number of thioether (sulfide) groups is 1. The van der Waals surface area contributed by atoms with Gasteiger partial charge in [0.05, 0.1) is 5.60 Å². The van der Waals surface area contributed by atoms with E-state index in [1.807, 2.05) is 11.8 Å². The van der Waals surface area contributed by atoms with Gasteiger partial charge in [0.2, 0.25) is 0 Å². The lowest BCUT2D eigenvalue weighted by Crippen LogP contribution is -2.46. The number of nitrogens with zero attached hydrogens (tertiary/aromatic N) is 1. The molecule has 0 saturated carbocycles. The Hall–Kier alpha value is 0.270. The van der Waals surface area contributed by atoms with E-state index in [-0.39, 0.29) is 5.60 Å². The Balaban J connectivity index is 1.98. The highest BCUT2D eigenvalue weighted by Crippen LogP contribution is 2.38. The fraction of sp³-hybridized carbons (Fsp3) is 1.00. The maximum Gasteiger partial charge on any atom is 0.0795 e. The SMILES string of the molecule is CN(C)C1CCOC2(CCSC2)C1. The highest BCUT2D eigenvalue weighted by atomic mass is 32.2. The van der Waals surface area contributed by atoms with Crippen LogP contribution in [0.2, 0.25) is 0 Å². The molecular weight excluding hydrogens is 182 g/mol. The Morgan fingerprint density at radius 3 is 2.92 bits per heavy atom. The van der Waals surface area contributed by atoms with Crippen molar-refractivity contribution in [1.82, 2.24) is 4.90 Å². The van der Waals surface area contributed by atoms with Gasteiger partial charge in [-0.25, -0.2) is 0 Å². The van der Waals surface area contributed by atoms with E-state index < -0.39 is 0 Å². The van der Waals surface area contributed by atoms with E-state index in [0.29, 0.717) is 0 Å². The van der Waals surface area contributed by atoms with Crippen LogP contribution in [0.4, 0.5) is 0 Å². The number of hydrogen-bond donors (Lipinski definition) is 0. The molecule has 2 saturated heterocycles. The summed E-state index contributed by atoms with van der Waals surface area (Å²) in [6, 6.07) is 0.743. The van der Waals surface area contributed by atoms with Crippen LogP contribution in [-0.2, 0) is 4.74 Å². The minimum Gasteiger partial charge on any atom is -0.374 e. The molecule has 0 N–H and O–H groups in total. The first-order valence-electron chi connectivity index (χ1n) is 5.10. The van der Waals surface area contributed by atoms with Gasteiger partial charge in [-0.05, 0) is 39.1 Å². The third-order valence-corrected chi connectivity index (χ3v) is 4.49. The van der Waals surface area contributed by atoms with Crippen molar-refractivity contribution in [3.63, 3.8) is 0 Å². The van der Waals surface area contributed by atoms with Crippen molar-refractivity contribution in [2.24, 2.45) is 0 Å². The number of rotatable bonds is 1. The number of hydrogen-bond acceptors (Lipinski definition) is 3. The maximum absolute atomic E-state index is 5.96. The summed E-state index contributed by atoms with van der Waals surface area (Å²) in [4.78, 5) is 2.35. The second-order valence-electron chi connectivity index (χ2n) is 4.44. The molecule has 2 unspecified atom stereocenters. The first kappa shape index (κ1) is 9.81. The van der Waals surface area contributed by atoms with Gasteiger partial charge >= 0.3 is 0 Å². The summed E-state index contributed by atoms with van der Waals surface area (Å²) in [5, 5.41) is 0. The lowest BCUT2D eigenvalue weighted by molar-refractivity contribution is -0.0836. The van der Waals surface area contributed by atoms with Crippen LogP contribution in [0.3, 0.4) is 0 Å². The van der Waals surface area contributed by atoms with Gasteiger partial charge in [-0.1, -0.05) is 0 Å². The van der Waals surface area contributed by atoms with E-state index in [4.69, 9.17) is 4.74 Å². The average Bonchev–Trinajstić information content (AvgIpc) is 2.53. The second-order valence-corrected chi connectivity index (χ2v) is 5.55. The van der Waals surface area contributed by atoms with E-state index in [1.165, 1.54) is 30.8 Å². The standard InChI is InChI=1S/C10H19NOS/c1-11(2)9-3-5-12-10(7-9)4-6-13-8-10/h9H,3-8H2,1-2H3. The van der Waals surface area contributed by atoms with Gasteiger partial charge in [-0.3, -0.25) is 0 Å². The molecule has 2 atom stereocenters. The van der Waals surface area contributed by atoms with Crippen molar-refractivity contribution in [1.29, 1.82) is 0 Å². The van der Waals surface area contributed by atoms with Crippen LogP contribution in [0.5, 0.6) is 0 Å². The largest absolute Gasteiger partial charge is 0.374 e. The van der Waals surface area contributed by atoms with E-state index in [2.05, 4.69) is 19.0 Å². The predicted octanol–water partition coefficient (Wildman–Crippen LogP) is 1.60. The van der Waals surface area contributed by atoms with Crippen LogP contribution in [0.1, 0.15) is 19.3 Å². The molecule has 2 aliphatic heterocycles. The Bertz CT molecular complexity index is 178. The van der Waals surface area contributed by atoms with Crippen LogP contribution in [0.15, 0.2) is 0 Å². The van der Waals surface area contributed by atoms with Crippen molar-refractivity contribution in [3.8, 4) is 0 Å². The zero-order chi connectivity index (χ0) is 9.31. The summed E-state index contributed by atoms with van der Waals surface area (Å²) in [7, 11) is 4.37. The summed E-state index contributed by atoms with van der Waals surface area (Å²) in [5.74, 6) is 2.51. The molecular formula is C10H19NOS. The Labute approximate surface area is 85.0 Å². The van der Waals surface area contributed by atoms with Crippen molar-refractivity contribution >= 4 is 11.8 Å². The molecule has 0 amide bonds. The smallest absolute Gasteiger partial charge is 0.0795 e. The molecule has 76 valence electrons. The lowest BCUT2D eigenvalue weighted by Gasteiger charge is -2.40. The lowest BCUT2D eigenvalue weighted by atomic mass is 9.89. The zero-order valence-electron chi connectivity index (χ0n) is 8.58. The first-order chi connectivity index (χ1) is 6.22. The van der Waals surface area contributed by atoms with Crippen molar-refractivity contribution in [3.05, 3.63) is 0 Å². The Morgan fingerprint density at radius 1 is 1.46 bits per heavy atom. The third-order valence-electron chi connectivity index (χ3n) is 3.26. The molecule has 2 rings (SSSR count). The highest BCUT2D eigenvalue weighted by Gasteiger charge is 2.40. The molecule has 0 bridgehead atoms. The van der Waals surface area contributed by atoms with Crippen LogP contribution >= 0.6 is 11.8 Å². The average molecular weight is 201 g/mol. The van der Waals surface area contributed by atoms with E-state index in [1.54, 1.807) is 0 Å². The van der Waals surface area contributed by atoms with Gasteiger partial charge in [0.15, 0.2) is 0 Å². The van der Waals surface area contributed by atoms with E-state index in [9.17, 15) is 0 Å². The normalized spacial score (nSPS) is 40.4. The van der Waals surface area contributed by atoms with Gasteiger partial charge in [0.1, 0.15) is 0 Å². The van der Waals surface area contributed by atoms with Gasteiger partial charge < -0.3 is 9.64 Å². The summed E-state index contributed by atoms with van der Waals surface area (Å²) >= 11 is 2.05. The fourth-order valence-electron chi connectivity index (χ4n) is 2.31. The van der Waals surface area contributed by atoms with Crippen LogP contribution in [0.25, 0.3) is 0 Å². The molecule has 0 radical (unpaired) electrons. The van der Waals surface area contributed by atoms with Gasteiger partial charge in [0, 0.05) is 18.4 Å². The summed E-state index contributed by atoms with van der Waals surface area (Å²) in [6.07, 6.45) is 3.72. The quantitative estimate of drug-likeness (QED) is 0.639. The fourth-order valence-corrected chi connectivity index (χ4v) is 3.68. The molecule has 2 fully saturated rings. The maximum atomic E-state index is 5.96. The van der Waals surface area contributed by atoms with Crippen molar-refractivity contribution < 1.29 is 4.74 Å². The minimum atomic E-state index is 0.248. The molecule has 2 aliphatic rings. The monoisotopic (exact) mass is 201 g/mol. The summed E-state index contributed by atoms with van der Waals surface area (Å²) < 4.78 is 5.96.